The molecule has 0 atom stereocenters. The van der Waals surface area contributed by atoms with Crippen LogP contribution < -0.4 is 10.6 Å². The molecule has 2 rings (SSSR count). The number of amides is 2. The molecule has 1 aliphatic rings. The molecule has 1 saturated carbocycles. The molecule has 0 radical (unpaired) electrons. The van der Waals surface area contributed by atoms with Gasteiger partial charge >= 0.3 is 6.18 Å². The van der Waals surface area contributed by atoms with Crippen molar-refractivity contribution in [3.8, 4) is 0 Å². The number of hydrogen-bond acceptors (Lipinski definition) is 3. The highest BCUT2D eigenvalue weighted by Crippen LogP contribution is 2.47. The minimum Gasteiger partial charge on any atom is -0.355 e. The first kappa shape index (κ1) is 19.2. The number of halogens is 3. The van der Waals surface area contributed by atoms with Crippen LogP contribution in [0.3, 0.4) is 0 Å². The third-order valence-electron chi connectivity index (χ3n) is 4.13. The number of alkyl halides is 3. The highest BCUT2D eigenvalue weighted by molar-refractivity contribution is 6.13. The minimum absolute atomic E-state index is 0.0338. The lowest BCUT2D eigenvalue weighted by atomic mass is 10.0. The second-order valence-corrected chi connectivity index (χ2v) is 6.53. The van der Waals surface area contributed by atoms with Gasteiger partial charge < -0.3 is 15.5 Å². The lowest BCUT2D eigenvalue weighted by Gasteiger charge is -2.17. The fourth-order valence-electron chi connectivity index (χ4n) is 2.47. The largest absolute Gasteiger partial charge is 0.416 e. The number of nitrogens with zero attached hydrogens (tertiary/aromatic N) is 1. The topological polar surface area (TPSA) is 61.4 Å². The third-order valence-corrected chi connectivity index (χ3v) is 4.13. The second kappa shape index (κ2) is 7.43. The second-order valence-electron chi connectivity index (χ2n) is 6.53. The van der Waals surface area contributed by atoms with Crippen LogP contribution in [-0.2, 0) is 15.8 Å². The van der Waals surface area contributed by atoms with Gasteiger partial charge in [0.2, 0.25) is 11.8 Å². The quantitative estimate of drug-likeness (QED) is 0.582. The summed E-state index contributed by atoms with van der Waals surface area (Å²) in [5.41, 5.74) is -1.97. The van der Waals surface area contributed by atoms with Crippen molar-refractivity contribution >= 4 is 17.5 Å². The van der Waals surface area contributed by atoms with Crippen molar-refractivity contribution in [2.45, 2.75) is 25.4 Å². The molecule has 0 aromatic heterocycles. The van der Waals surface area contributed by atoms with Crippen molar-refractivity contribution in [3.63, 3.8) is 0 Å². The summed E-state index contributed by atoms with van der Waals surface area (Å²) in [4.78, 5) is 26.6. The average Bonchev–Trinajstić information content (AvgIpc) is 3.32. The smallest absolute Gasteiger partial charge is 0.355 e. The van der Waals surface area contributed by atoms with Crippen LogP contribution in [0.5, 0.6) is 0 Å². The summed E-state index contributed by atoms with van der Waals surface area (Å²) in [5.74, 6) is -0.923. The molecule has 1 fully saturated rings. The summed E-state index contributed by atoms with van der Waals surface area (Å²) in [6.07, 6.45) is -2.93. The van der Waals surface area contributed by atoms with E-state index in [0.717, 1.165) is 25.1 Å². The number of anilines is 1. The molecule has 1 aromatic carbocycles. The van der Waals surface area contributed by atoms with Crippen LogP contribution in [-0.4, -0.2) is 43.9 Å². The van der Waals surface area contributed by atoms with Gasteiger partial charge in [-0.25, -0.2) is 0 Å². The minimum atomic E-state index is -4.48. The zero-order valence-electron chi connectivity index (χ0n) is 14.2. The van der Waals surface area contributed by atoms with Gasteiger partial charge in [-0.05, 0) is 58.1 Å². The summed E-state index contributed by atoms with van der Waals surface area (Å²) in [7, 11) is 3.85. The fraction of sp³-hybridized carbons (Fsp3) is 0.529. The molecule has 1 aromatic rings. The van der Waals surface area contributed by atoms with Crippen LogP contribution in [0.25, 0.3) is 0 Å². The monoisotopic (exact) mass is 357 g/mol. The normalized spacial score (nSPS) is 15.8. The highest BCUT2D eigenvalue weighted by atomic mass is 19.4. The zero-order valence-corrected chi connectivity index (χ0v) is 14.2. The molecule has 0 unspecified atom stereocenters. The first-order valence-electron chi connectivity index (χ1n) is 8.07. The Labute approximate surface area is 144 Å². The van der Waals surface area contributed by atoms with Gasteiger partial charge in [0, 0.05) is 12.2 Å². The van der Waals surface area contributed by atoms with E-state index < -0.39 is 23.1 Å². The van der Waals surface area contributed by atoms with Gasteiger partial charge in [0.25, 0.3) is 0 Å². The van der Waals surface area contributed by atoms with Crippen molar-refractivity contribution in [1.29, 1.82) is 0 Å². The molecule has 138 valence electrons. The summed E-state index contributed by atoms with van der Waals surface area (Å²) in [5, 5.41) is 5.18. The number of benzene rings is 1. The molecule has 0 saturated heterocycles. The van der Waals surface area contributed by atoms with Crippen LogP contribution in [0.15, 0.2) is 24.3 Å². The van der Waals surface area contributed by atoms with Crippen LogP contribution >= 0.6 is 0 Å². The van der Waals surface area contributed by atoms with Gasteiger partial charge in [0.1, 0.15) is 5.41 Å². The lowest BCUT2D eigenvalue weighted by molar-refractivity contribution is -0.138. The number of carbonyl (C=O) groups excluding carboxylic acids is 2. The van der Waals surface area contributed by atoms with E-state index in [1.807, 2.05) is 19.0 Å². The van der Waals surface area contributed by atoms with Gasteiger partial charge in [0.15, 0.2) is 0 Å². The van der Waals surface area contributed by atoms with Gasteiger partial charge in [-0.15, -0.1) is 0 Å². The van der Waals surface area contributed by atoms with Crippen molar-refractivity contribution in [2.75, 3.05) is 32.5 Å². The van der Waals surface area contributed by atoms with E-state index in [4.69, 9.17) is 0 Å². The SMILES string of the molecule is CN(C)CCCNC(=O)C1(C(=O)Nc2cccc(C(F)(F)F)c2)CC1. The van der Waals surface area contributed by atoms with E-state index >= 15 is 0 Å². The van der Waals surface area contributed by atoms with E-state index in [1.165, 1.54) is 12.1 Å². The predicted molar refractivity (Wildman–Crippen MR) is 87.9 cm³/mol. The van der Waals surface area contributed by atoms with Crippen LogP contribution in [0.2, 0.25) is 0 Å². The highest BCUT2D eigenvalue weighted by Gasteiger charge is 2.56. The Hall–Kier alpha value is -2.09. The predicted octanol–water partition coefficient (Wildman–Crippen LogP) is 2.49. The Morgan fingerprint density at radius 1 is 1.20 bits per heavy atom. The molecule has 0 bridgehead atoms. The molecule has 2 N–H and O–H groups in total. The van der Waals surface area contributed by atoms with Crippen molar-refractivity contribution < 1.29 is 22.8 Å². The van der Waals surface area contributed by atoms with E-state index in [2.05, 4.69) is 10.6 Å². The standard InChI is InChI=1S/C17H22F3N3O2/c1-23(2)10-4-9-21-14(24)16(7-8-16)15(25)22-13-6-3-5-12(11-13)17(18,19)20/h3,5-6,11H,4,7-10H2,1-2H3,(H,21,24)(H,22,25). The molecular weight excluding hydrogens is 335 g/mol. The third kappa shape index (κ3) is 4.94. The lowest BCUT2D eigenvalue weighted by Crippen LogP contribution is -2.40. The van der Waals surface area contributed by atoms with E-state index in [9.17, 15) is 22.8 Å². The molecule has 5 nitrogen and oxygen atoms in total. The Morgan fingerprint density at radius 2 is 1.88 bits per heavy atom. The average molecular weight is 357 g/mol. The molecule has 2 amide bonds. The maximum absolute atomic E-state index is 12.7. The van der Waals surface area contributed by atoms with Gasteiger partial charge in [-0.2, -0.15) is 13.2 Å². The molecular formula is C17H22F3N3O2. The summed E-state index contributed by atoms with van der Waals surface area (Å²) in [6, 6.07) is 4.39. The summed E-state index contributed by atoms with van der Waals surface area (Å²) in [6.45, 7) is 1.26. The molecule has 1 aliphatic carbocycles. The van der Waals surface area contributed by atoms with Gasteiger partial charge in [-0.3, -0.25) is 9.59 Å². The van der Waals surface area contributed by atoms with Gasteiger partial charge in [-0.1, -0.05) is 6.07 Å². The fourth-order valence-corrected chi connectivity index (χ4v) is 2.47. The van der Waals surface area contributed by atoms with E-state index in [-0.39, 0.29) is 11.6 Å². The van der Waals surface area contributed by atoms with E-state index in [1.54, 1.807) is 0 Å². The van der Waals surface area contributed by atoms with Crippen LogP contribution in [0.1, 0.15) is 24.8 Å². The van der Waals surface area contributed by atoms with Gasteiger partial charge in [0.05, 0.1) is 5.56 Å². The Morgan fingerprint density at radius 3 is 2.44 bits per heavy atom. The number of carbonyl (C=O) groups is 2. The molecule has 25 heavy (non-hydrogen) atoms. The molecule has 0 spiro atoms. The van der Waals surface area contributed by atoms with Crippen LogP contribution in [0.4, 0.5) is 18.9 Å². The first-order chi connectivity index (χ1) is 11.6. The first-order valence-corrected chi connectivity index (χ1v) is 8.07. The molecule has 0 aliphatic heterocycles. The van der Waals surface area contributed by atoms with Crippen molar-refractivity contribution in [1.82, 2.24) is 10.2 Å². The van der Waals surface area contributed by atoms with Crippen LogP contribution in [0, 0.1) is 5.41 Å². The maximum atomic E-state index is 12.7. The Balaban J connectivity index is 1.95. The summed E-state index contributed by atoms with van der Waals surface area (Å²) < 4.78 is 38.2. The Kier molecular flexibility index (Phi) is 5.72. The number of nitrogens with one attached hydrogen (secondary N) is 2. The molecule has 8 heteroatoms. The van der Waals surface area contributed by atoms with Crippen molar-refractivity contribution in [2.24, 2.45) is 5.41 Å². The van der Waals surface area contributed by atoms with Crippen molar-refractivity contribution in [3.05, 3.63) is 29.8 Å². The number of hydrogen-bond donors (Lipinski definition) is 2. The molecule has 0 heterocycles. The van der Waals surface area contributed by atoms with E-state index in [0.29, 0.717) is 19.4 Å². The zero-order chi connectivity index (χ0) is 18.7. The Bertz CT molecular complexity index is 640. The number of rotatable bonds is 7. The summed E-state index contributed by atoms with van der Waals surface area (Å²) >= 11 is 0. The maximum Gasteiger partial charge on any atom is 0.416 e.